The van der Waals surface area contributed by atoms with E-state index in [0.717, 1.165) is 31.2 Å². The average Bonchev–Trinajstić information content (AvgIpc) is 2.67. The molecule has 1 aromatic rings. The van der Waals surface area contributed by atoms with Crippen molar-refractivity contribution in [2.45, 2.75) is 50.2 Å². The van der Waals surface area contributed by atoms with Crippen LogP contribution >= 0.6 is 23.2 Å². The summed E-state index contributed by atoms with van der Waals surface area (Å²) in [5, 5.41) is 11.7. The Kier molecular flexibility index (Phi) is 5.13. The van der Waals surface area contributed by atoms with Crippen LogP contribution in [0.4, 0.5) is 0 Å². The number of aliphatic hydroxyl groups is 1. The molecule has 1 saturated carbocycles. The Morgan fingerprint density at radius 1 is 1.11 bits per heavy atom. The highest BCUT2D eigenvalue weighted by atomic mass is 35.5. The van der Waals surface area contributed by atoms with Crippen molar-refractivity contribution in [1.29, 1.82) is 0 Å². The molecule has 1 aliphatic rings. The number of hydrogen-bond acceptors (Lipinski definition) is 2. The van der Waals surface area contributed by atoms with Gasteiger partial charge in [-0.05, 0) is 30.5 Å². The summed E-state index contributed by atoms with van der Waals surface area (Å²) in [6.45, 7) is 0. The highest BCUT2D eigenvalue weighted by Crippen LogP contribution is 2.41. The Morgan fingerprint density at radius 2 is 1.74 bits per heavy atom. The maximum Gasteiger partial charge on any atom is 0.108 e. The second-order valence-electron chi connectivity index (χ2n) is 5.26. The van der Waals surface area contributed by atoms with E-state index >= 15 is 0 Å². The molecule has 0 amide bonds. The molecule has 2 rings (SSSR count). The Morgan fingerprint density at radius 3 is 2.26 bits per heavy atom. The van der Waals surface area contributed by atoms with Crippen molar-refractivity contribution < 1.29 is 9.84 Å². The fourth-order valence-corrected chi connectivity index (χ4v) is 3.21. The van der Waals surface area contributed by atoms with Crippen molar-refractivity contribution in [3.05, 3.63) is 33.8 Å². The third-order valence-electron chi connectivity index (χ3n) is 4.11. The Balaban J connectivity index is 2.28. The van der Waals surface area contributed by atoms with Crippen LogP contribution in [0, 0.1) is 0 Å². The van der Waals surface area contributed by atoms with E-state index in [2.05, 4.69) is 0 Å². The summed E-state index contributed by atoms with van der Waals surface area (Å²) >= 11 is 12.0. The van der Waals surface area contributed by atoms with Gasteiger partial charge in [-0.3, -0.25) is 0 Å². The minimum Gasteiger partial charge on any atom is -0.385 e. The van der Waals surface area contributed by atoms with Crippen LogP contribution in [0.15, 0.2) is 18.2 Å². The normalized spacial score (nSPS) is 20.8. The summed E-state index contributed by atoms with van der Waals surface area (Å²) in [4.78, 5) is 0. The maximum atomic E-state index is 10.7. The summed E-state index contributed by atoms with van der Waals surface area (Å²) in [6, 6.07) is 5.28. The zero-order valence-electron chi connectivity index (χ0n) is 11.2. The average molecular weight is 303 g/mol. The van der Waals surface area contributed by atoms with Gasteiger partial charge in [0.15, 0.2) is 0 Å². The summed E-state index contributed by atoms with van der Waals surface area (Å²) in [6.07, 6.45) is 5.69. The van der Waals surface area contributed by atoms with Gasteiger partial charge in [0.2, 0.25) is 0 Å². The van der Waals surface area contributed by atoms with Crippen LogP contribution in [0.1, 0.15) is 50.2 Å². The van der Waals surface area contributed by atoms with Gasteiger partial charge in [-0.25, -0.2) is 0 Å². The first-order valence-corrected chi connectivity index (χ1v) is 7.53. The van der Waals surface area contributed by atoms with Gasteiger partial charge in [0.25, 0.3) is 0 Å². The number of methoxy groups -OCH3 is 1. The quantitative estimate of drug-likeness (QED) is 0.815. The van der Waals surface area contributed by atoms with E-state index in [9.17, 15) is 5.11 Å². The maximum absolute atomic E-state index is 10.7. The van der Waals surface area contributed by atoms with Gasteiger partial charge in [0, 0.05) is 7.11 Å². The van der Waals surface area contributed by atoms with Gasteiger partial charge in [-0.15, -0.1) is 0 Å². The predicted molar refractivity (Wildman–Crippen MR) is 78.9 cm³/mol. The minimum atomic E-state index is -0.662. The topological polar surface area (TPSA) is 29.5 Å². The van der Waals surface area contributed by atoms with Crippen LogP contribution in [-0.2, 0) is 4.74 Å². The second kappa shape index (κ2) is 6.45. The SMILES string of the molecule is COC1(C(O)c2ccc(Cl)c(Cl)c2)CCCCCC1. The number of ether oxygens (including phenoxy) is 1. The number of aliphatic hydroxyl groups excluding tert-OH is 1. The Hall–Kier alpha value is -0.280. The molecular formula is C15H20Cl2O2. The zero-order chi connectivity index (χ0) is 13.9. The van der Waals surface area contributed by atoms with Crippen molar-refractivity contribution in [2.24, 2.45) is 0 Å². The van der Waals surface area contributed by atoms with Gasteiger partial charge < -0.3 is 9.84 Å². The summed E-state index contributed by atoms with van der Waals surface area (Å²) in [7, 11) is 1.69. The predicted octanol–water partition coefficient (Wildman–Crippen LogP) is 4.77. The lowest BCUT2D eigenvalue weighted by Gasteiger charge is -2.36. The molecule has 0 radical (unpaired) electrons. The molecule has 106 valence electrons. The van der Waals surface area contributed by atoms with Crippen LogP contribution in [0.5, 0.6) is 0 Å². The molecule has 2 nitrogen and oxygen atoms in total. The molecule has 1 atom stereocenters. The third-order valence-corrected chi connectivity index (χ3v) is 4.85. The molecule has 0 heterocycles. The zero-order valence-corrected chi connectivity index (χ0v) is 12.7. The highest BCUT2D eigenvalue weighted by Gasteiger charge is 2.39. The number of hydrogen-bond donors (Lipinski definition) is 1. The Labute approximate surface area is 124 Å². The van der Waals surface area contributed by atoms with E-state index in [-0.39, 0.29) is 0 Å². The standard InChI is InChI=1S/C15H20Cl2O2/c1-19-15(8-4-2-3-5-9-15)14(18)11-6-7-12(16)13(17)10-11/h6-7,10,14,18H,2-5,8-9H2,1H3. The molecule has 1 unspecified atom stereocenters. The summed E-state index contributed by atoms with van der Waals surface area (Å²) in [5.74, 6) is 0. The van der Waals surface area contributed by atoms with Gasteiger partial charge in [-0.1, -0.05) is 55.0 Å². The van der Waals surface area contributed by atoms with E-state index in [0.29, 0.717) is 10.0 Å². The smallest absolute Gasteiger partial charge is 0.108 e. The number of halogens is 2. The van der Waals surface area contributed by atoms with E-state index < -0.39 is 11.7 Å². The second-order valence-corrected chi connectivity index (χ2v) is 6.07. The van der Waals surface area contributed by atoms with Crippen LogP contribution in [-0.4, -0.2) is 17.8 Å². The highest BCUT2D eigenvalue weighted by molar-refractivity contribution is 6.42. The fraction of sp³-hybridized carbons (Fsp3) is 0.600. The summed E-state index contributed by atoms with van der Waals surface area (Å²) in [5.41, 5.74) is 0.284. The van der Waals surface area contributed by atoms with E-state index in [1.807, 2.05) is 6.07 Å². The van der Waals surface area contributed by atoms with E-state index in [1.54, 1.807) is 19.2 Å². The van der Waals surface area contributed by atoms with Crippen molar-refractivity contribution in [3.8, 4) is 0 Å². The summed E-state index contributed by atoms with van der Waals surface area (Å²) < 4.78 is 5.72. The number of rotatable bonds is 3. The molecule has 0 bridgehead atoms. The largest absolute Gasteiger partial charge is 0.385 e. The lowest BCUT2D eigenvalue weighted by atomic mass is 9.84. The van der Waals surface area contributed by atoms with Gasteiger partial charge >= 0.3 is 0 Å². The monoisotopic (exact) mass is 302 g/mol. The minimum absolute atomic E-state index is 0.470. The third kappa shape index (κ3) is 3.25. The van der Waals surface area contributed by atoms with E-state index in [4.69, 9.17) is 27.9 Å². The lowest BCUT2D eigenvalue weighted by molar-refractivity contribution is -0.114. The molecule has 0 spiro atoms. The molecule has 1 aliphatic carbocycles. The van der Waals surface area contributed by atoms with Crippen molar-refractivity contribution >= 4 is 23.2 Å². The first-order valence-electron chi connectivity index (χ1n) is 6.77. The van der Waals surface area contributed by atoms with Gasteiger partial charge in [-0.2, -0.15) is 0 Å². The molecule has 1 aromatic carbocycles. The van der Waals surface area contributed by atoms with Crippen LogP contribution in [0.3, 0.4) is 0 Å². The molecule has 4 heteroatoms. The molecule has 0 aliphatic heterocycles. The first kappa shape index (κ1) is 15.1. The van der Waals surface area contributed by atoms with Crippen molar-refractivity contribution in [2.75, 3.05) is 7.11 Å². The molecular weight excluding hydrogens is 283 g/mol. The fourth-order valence-electron chi connectivity index (χ4n) is 2.90. The first-order chi connectivity index (χ1) is 9.09. The van der Waals surface area contributed by atoms with Gasteiger partial charge in [0.05, 0.1) is 15.6 Å². The Bertz CT molecular complexity index is 426. The number of benzene rings is 1. The van der Waals surface area contributed by atoms with Crippen molar-refractivity contribution in [1.82, 2.24) is 0 Å². The molecule has 0 aromatic heterocycles. The van der Waals surface area contributed by atoms with Crippen LogP contribution in [0.2, 0.25) is 10.0 Å². The van der Waals surface area contributed by atoms with Gasteiger partial charge in [0.1, 0.15) is 6.10 Å². The van der Waals surface area contributed by atoms with Crippen LogP contribution in [0.25, 0.3) is 0 Å². The molecule has 1 N–H and O–H groups in total. The van der Waals surface area contributed by atoms with Crippen LogP contribution < -0.4 is 0 Å². The van der Waals surface area contributed by atoms with E-state index in [1.165, 1.54) is 12.8 Å². The molecule has 19 heavy (non-hydrogen) atoms. The molecule has 1 fully saturated rings. The van der Waals surface area contributed by atoms with Crippen molar-refractivity contribution in [3.63, 3.8) is 0 Å². The molecule has 0 saturated heterocycles. The lowest BCUT2D eigenvalue weighted by Crippen LogP contribution is -2.38.